The van der Waals surface area contributed by atoms with E-state index < -0.39 is 5.82 Å². The summed E-state index contributed by atoms with van der Waals surface area (Å²) in [4.78, 5) is 3.97. The minimum Gasteiger partial charge on any atom is -0.508 e. The first-order chi connectivity index (χ1) is 11.1. The third-order valence-corrected chi connectivity index (χ3v) is 3.10. The lowest BCUT2D eigenvalue weighted by Gasteiger charge is -2.11. The van der Waals surface area contributed by atoms with Gasteiger partial charge in [0, 0.05) is 29.6 Å². The van der Waals surface area contributed by atoms with E-state index in [4.69, 9.17) is 0 Å². The molecule has 5 nitrogen and oxygen atoms in total. The van der Waals surface area contributed by atoms with Crippen molar-refractivity contribution >= 4 is 22.9 Å². The SMILES string of the molecule is Oc1cccc(Nc2cc(Nc3cccc(O)c3)c(F)cn2)c1. The fraction of sp³-hybridized carbons (Fsp3) is 0. The molecule has 0 radical (unpaired) electrons. The maximum atomic E-state index is 13.9. The number of aromatic nitrogens is 1. The summed E-state index contributed by atoms with van der Waals surface area (Å²) in [6, 6.07) is 14.4. The zero-order chi connectivity index (χ0) is 16.2. The molecule has 0 atom stereocenters. The number of hydrogen-bond donors (Lipinski definition) is 4. The molecular formula is C17H14FN3O2. The van der Waals surface area contributed by atoms with Gasteiger partial charge in [-0.25, -0.2) is 9.37 Å². The first kappa shape index (κ1) is 14.6. The van der Waals surface area contributed by atoms with Crippen LogP contribution in [0.1, 0.15) is 0 Å². The van der Waals surface area contributed by atoms with Gasteiger partial charge in [0.1, 0.15) is 17.3 Å². The van der Waals surface area contributed by atoms with Crippen molar-refractivity contribution in [3.63, 3.8) is 0 Å². The van der Waals surface area contributed by atoms with Crippen molar-refractivity contribution in [2.24, 2.45) is 0 Å². The van der Waals surface area contributed by atoms with Crippen molar-refractivity contribution in [1.29, 1.82) is 0 Å². The molecule has 1 heterocycles. The number of pyridine rings is 1. The molecule has 116 valence electrons. The molecule has 0 aliphatic rings. The highest BCUT2D eigenvalue weighted by atomic mass is 19.1. The van der Waals surface area contributed by atoms with Crippen molar-refractivity contribution < 1.29 is 14.6 Å². The average Bonchev–Trinajstić information content (AvgIpc) is 2.51. The fourth-order valence-corrected chi connectivity index (χ4v) is 2.07. The van der Waals surface area contributed by atoms with Gasteiger partial charge in [0.2, 0.25) is 0 Å². The van der Waals surface area contributed by atoms with Crippen LogP contribution in [0.4, 0.5) is 27.3 Å². The third kappa shape index (κ3) is 3.68. The lowest BCUT2D eigenvalue weighted by Crippen LogP contribution is -1.99. The van der Waals surface area contributed by atoms with Gasteiger partial charge in [-0.1, -0.05) is 12.1 Å². The molecule has 1 aromatic heterocycles. The maximum Gasteiger partial charge on any atom is 0.165 e. The molecule has 0 saturated carbocycles. The second-order valence-corrected chi connectivity index (χ2v) is 4.90. The van der Waals surface area contributed by atoms with Gasteiger partial charge in [-0.05, 0) is 24.3 Å². The smallest absolute Gasteiger partial charge is 0.165 e. The van der Waals surface area contributed by atoms with Gasteiger partial charge < -0.3 is 20.8 Å². The first-order valence-corrected chi connectivity index (χ1v) is 6.88. The summed E-state index contributed by atoms with van der Waals surface area (Å²) in [5.74, 6) is 0.104. The molecular weight excluding hydrogens is 297 g/mol. The van der Waals surface area contributed by atoms with E-state index in [-0.39, 0.29) is 17.2 Å². The van der Waals surface area contributed by atoms with E-state index in [1.807, 2.05) is 0 Å². The monoisotopic (exact) mass is 311 g/mol. The molecule has 0 saturated heterocycles. The summed E-state index contributed by atoms with van der Waals surface area (Å²) < 4.78 is 13.9. The molecule has 0 unspecified atom stereocenters. The number of halogens is 1. The lowest BCUT2D eigenvalue weighted by molar-refractivity contribution is 0.475. The number of nitrogens with one attached hydrogen (secondary N) is 2. The number of phenolic OH excluding ortho intramolecular Hbond substituents is 2. The number of nitrogens with zero attached hydrogens (tertiary/aromatic N) is 1. The van der Waals surface area contributed by atoms with Gasteiger partial charge >= 0.3 is 0 Å². The van der Waals surface area contributed by atoms with Crippen LogP contribution < -0.4 is 10.6 Å². The topological polar surface area (TPSA) is 77.4 Å². The normalized spacial score (nSPS) is 10.3. The molecule has 23 heavy (non-hydrogen) atoms. The largest absolute Gasteiger partial charge is 0.508 e. The van der Waals surface area contributed by atoms with E-state index in [1.165, 1.54) is 24.3 Å². The Morgan fingerprint density at radius 1 is 0.826 bits per heavy atom. The highest BCUT2D eigenvalue weighted by molar-refractivity contribution is 5.67. The summed E-state index contributed by atoms with van der Waals surface area (Å²) in [7, 11) is 0. The molecule has 3 rings (SSSR count). The van der Waals surface area contributed by atoms with Crippen LogP contribution in [0.3, 0.4) is 0 Å². The first-order valence-electron chi connectivity index (χ1n) is 6.88. The van der Waals surface area contributed by atoms with Crippen molar-refractivity contribution in [2.75, 3.05) is 10.6 Å². The zero-order valence-electron chi connectivity index (χ0n) is 12.0. The highest BCUT2D eigenvalue weighted by Gasteiger charge is 2.06. The molecule has 6 heteroatoms. The van der Waals surface area contributed by atoms with Gasteiger partial charge in [0.05, 0.1) is 11.9 Å². The molecule has 2 aromatic carbocycles. The third-order valence-electron chi connectivity index (χ3n) is 3.10. The maximum absolute atomic E-state index is 13.9. The Kier molecular flexibility index (Phi) is 3.97. The van der Waals surface area contributed by atoms with Crippen molar-refractivity contribution in [3.05, 3.63) is 66.6 Å². The Bertz CT molecular complexity index is 840. The zero-order valence-corrected chi connectivity index (χ0v) is 12.0. The Morgan fingerprint density at radius 3 is 2.04 bits per heavy atom. The molecule has 0 bridgehead atoms. The van der Waals surface area contributed by atoms with Crippen LogP contribution in [0.25, 0.3) is 0 Å². The Hall–Kier alpha value is -3.28. The number of rotatable bonds is 4. The minimum atomic E-state index is -0.519. The van der Waals surface area contributed by atoms with E-state index >= 15 is 0 Å². The standard InChI is InChI=1S/C17H14FN3O2/c18-15-10-19-17(21-12-4-2-6-14(23)8-12)9-16(15)20-11-3-1-5-13(22)7-11/h1-10,22-23H,(H2,19,20,21). The van der Waals surface area contributed by atoms with E-state index in [0.717, 1.165) is 6.20 Å². The predicted octanol–water partition coefficient (Wildman–Crippen LogP) is 4.12. The van der Waals surface area contributed by atoms with Crippen LogP contribution in [-0.2, 0) is 0 Å². The average molecular weight is 311 g/mol. The van der Waals surface area contributed by atoms with Crippen LogP contribution in [-0.4, -0.2) is 15.2 Å². The van der Waals surface area contributed by atoms with Crippen molar-refractivity contribution in [3.8, 4) is 11.5 Å². The molecule has 3 aromatic rings. The summed E-state index contributed by atoms with van der Waals surface area (Å²) in [6.45, 7) is 0. The molecule has 0 fully saturated rings. The van der Waals surface area contributed by atoms with Gasteiger partial charge in [0.25, 0.3) is 0 Å². The van der Waals surface area contributed by atoms with Crippen LogP contribution in [0, 0.1) is 5.82 Å². The molecule has 0 aliphatic carbocycles. The van der Waals surface area contributed by atoms with E-state index in [0.29, 0.717) is 17.2 Å². The molecule has 0 aliphatic heterocycles. The second-order valence-electron chi connectivity index (χ2n) is 4.90. The van der Waals surface area contributed by atoms with E-state index in [1.54, 1.807) is 30.3 Å². The molecule has 0 amide bonds. The number of aromatic hydroxyl groups is 2. The highest BCUT2D eigenvalue weighted by Crippen LogP contribution is 2.26. The Morgan fingerprint density at radius 2 is 1.43 bits per heavy atom. The lowest BCUT2D eigenvalue weighted by atomic mass is 10.2. The van der Waals surface area contributed by atoms with Crippen LogP contribution in [0.15, 0.2) is 60.8 Å². The second kappa shape index (κ2) is 6.23. The van der Waals surface area contributed by atoms with E-state index in [2.05, 4.69) is 15.6 Å². The summed E-state index contributed by atoms with van der Waals surface area (Å²) >= 11 is 0. The van der Waals surface area contributed by atoms with Gasteiger partial charge in [0.15, 0.2) is 5.82 Å². The summed E-state index contributed by atoms with van der Waals surface area (Å²) in [5, 5.41) is 24.8. The summed E-state index contributed by atoms with van der Waals surface area (Å²) in [5.41, 5.74) is 1.40. The van der Waals surface area contributed by atoms with Crippen molar-refractivity contribution in [2.45, 2.75) is 0 Å². The van der Waals surface area contributed by atoms with Gasteiger partial charge in [-0.3, -0.25) is 0 Å². The molecule has 0 spiro atoms. The number of hydrogen-bond acceptors (Lipinski definition) is 5. The Balaban J connectivity index is 1.84. The molecule has 4 N–H and O–H groups in total. The predicted molar refractivity (Wildman–Crippen MR) is 87.0 cm³/mol. The number of anilines is 4. The van der Waals surface area contributed by atoms with Crippen LogP contribution >= 0.6 is 0 Å². The van der Waals surface area contributed by atoms with Crippen LogP contribution in [0.2, 0.25) is 0 Å². The number of phenols is 2. The van der Waals surface area contributed by atoms with Gasteiger partial charge in [-0.2, -0.15) is 0 Å². The van der Waals surface area contributed by atoms with Crippen molar-refractivity contribution in [1.82, 2.24) is 4.98 Å². The van der Waals surface area contributed by atoms with E-state index in [9.17, 15) is 14.6 Å². The fourth-order valence-electron chi connectivity index (χ4n) is 2.07. The summed E-state index contributed by atoms with van der Waals surface area (Å²) in [6.07, 6.45) is 1.09. The number of benzene rings is 2. The quantitative estimate of drug-likeness (QED) is 0.583. The van der Waals surface area contributed by atoms with Crippen LogP contribution in [0.5, 0.6) is 11.5 Å². The van der Waals surface area contributed by atoms with Gasteiger partial charge in [-0.15, -0.1) is 0 Å². The Labute approximate surface area is 132 Å². The minimum absolute atomic E-state index is 0.0857.